The molecule has 1 heterocycles. The third-order valence-corrected chi connectivity index (χ3v) is 4.16. The van der Waals surface area contributed by atoms with Crippen molar-refractivity contribution in [3.63, 3.8) is 0 Å². The maximum absolute atomic E-state index is 5.81. The van der Waals surface area contributed by atoms with Crippen LogP contribution in [0.25, 0.3) is 0 Å². The van der Waals surface area contributed by atoms with E-state index in [9.17, 15) is 0 Å². The van der Waals surface area contributed by atoms with E-state index in [0.717, 1.165) is 43.0 Å². The summed E-state index contributed by atoms with van der Waals surface area (Å²) < 4.78 is 6.89. The minimum absolute atomic E-state index is 0.627. The lowest BCUT2D eigenvalue weighted by atomic mass is 10.0. The van der Waals surface area contributed by atoms with Crippen LogP contribution >= 0.6 is 15.9 Å². The number of ether oxygens (including phenoxy) is 1. The number of hydrogen-bond donors (Lipinski definition) is 1. The highest BCUT2D eigenvalue weighted by Gasteiger charge is 2.24. The molecule has 1 aromatic rings. The van der Waals surface area contributed by atoms with Gasteiger partial charge in [0.25, 0.3) is 0 Å². The number of piperazine rings is 1. The Bertz CT molecular complexity index is 380. The van der Waals surface area contributed by atoms with Gasteiger partial charge in [0.05, 0.1) is 0 Å². The first-order chi connectivity index (χ1) is 9.16. The van der Waals surface area contributed by atoms with Crippen molar-refractivity contribution in [2.75, 3.05) is 32.8 Å². The van der Waals surface area contributed by atoms with Crippen LogP contribution in [-0.2, 0) is 0 Å². The molecule has 0 bridgehead atoms. The van der Waals surface area contributed by atoms with Gasteiger partial charge < -0.3 is 10.1 Å². The average molecular weight is 327 g/mol. The van der Waals surface area contributed by atoms with Gasteiger partial charge in [-0.05, 0) is 30.2 Å². The number of rotatable bonds is 5. The van der Waals surface area contributed by atoms with Crippen LogP contribution in [0.4, 0.5) is 0 Å². The highest BCUT2D eigenvalue weighted by atomic mass is 79.9. The predicted molar refractivity (Wildman–Crippen MR) is 82.7 cm³/mol. The lowest BCUT2D eigenvalue weighted by molar-refractivity contribution is 0.105. The van der Waals surface area contributed by atoms with E-state index in [1.54, 1.807) is 0 Å². The van der Waals surface area contributed by atoms with Gasteiger partial charge in [-0.3, -0.25) is 4.90 Å². The standard InChI is InChI=1S/C15H23BrN2O/c1-12(2)15-11-17-7-8-18(15)9-10-19-14-5-3-13(16)4-6-14/h3-6,12,15,17H,7-11H2,1-2H3. The van der Waals surface area contributed by atoms with E-state index in [1.165, 1.54) is 0 Å². The van der Waals surface area contributed by atoms with Crippen LogP contribution in [0.15, 0.2) is 28.7 Å². The Morgan fingerprint density at radius 3 is 2.79 bits per heavy atom. The van der Waals surface area contributed by atoms with Gasteiger partial charge in [0, 0.05) is 36.7 Å². The van der Waals surface area contributed by atoms with Crippen LogP contribution < -0.4 is 10.1 Å². The molecule has 1 unspecified atom stereocenters. The van der Waals surface area contributed by atoms with Gasteiger partial charge in [0.15, 0.2) is 0 Å². The summed E-state index contributed by atoms with van der Waals surface area (Å²) >= 11 is 3.43. The highest BCUT2D eigenvalue weighted by molar-refractivity contribution is 9.10. The zero-order valence-corrected chi connectivity index (χ0v) is 13.3. The third-order valence-electron chi connectivity index (χ3n) is 3.63. The number of nitrogens with one attached hydrogen (secondary N) is 1. The van der Waals surface area contributed by atoms with Gasteiger partial charge in [0.1, 0.15) is 12.4 Å². The van der Waals surface area contributed by atoms with Crippen LogP contribution in [-0.4, -0.2) is 43.7 Å². The van der Waals surface area contributed by atoms with E-state index < -0.39 is 0 Å². The molecule has 0 spiro atoms. The summed E-state index contributed by atoms with van der Waals surface area (Å²) in [6.45, 7) is 9.63. The monoisotopic (exact) mass is 326 g/mol. The molecule has 1 saturated heterocycles. The largest absolute Gasteiger partial charge is 0.492 e. The molecule has 3 nitrogen and oxygen atoms in total. The molecule has 106 valence electrons. The quantitative estimate of drug-likeness (QED) is 0.900. The van der Waals surface area contributed by atoms with Crippen molar-refractivity contribution < 1.29 is 4.74 Å². The zero-order valence-electron chi connectivity index (χ0n) is 11.7. The van der Waals surface area contributed by atoms with E-state index in [-0.39, 0.29) is 0 Å². The third kappa shape index (κ3) is 4.48. The van der Waals surface area contributed by atoms with Crippen molar-refractivity contribution in [2.45, 2.75) is 19.9 Å². The average Bonchev–Trinajstić information content (AvgIpc) is 2.41. The first-order valence-electron chi connectivity index (χ1n) is 7.00. The van der Waals surface area contributed by atoms with E-state index in [0.29, 0.717) is 12.0 Å². The summed E-state index contributed by atoms with van der Waals surface area (Å²) in [6, 6.07) is 8.65. The van der Waals surface area contributed by atoms with Crippen LogP contribution in [0.2, 0.25) is 0 Å². The molecule has 2 rings (SSSR count). The first-order valence-corrected chi connectivity index (χ1v) is 7.79. The van der Waals surface area contributed by atoms with Crippen LogP contribution in [0.5, 0.6) is 5.75 Å². The summed E-state index contributed by atoms with van der Waals surface area (Å²) in [5.41, 5.74) is 0. The molecule has 1 aliphatic heterocycles. The van der Waals surface area contributed by atoms with Crippen molar-refractivity contribution in [1.82, 2.24) is 10.2 Å². The molecule has 1 aromatic carbocycles. The second-order valence-electron chi connectivity index (χ2n) is 5.35. The molecule has 1 atom stereocenters. The van der Waals surface area contributed by atoms with Gasteiger partial charge in [0.2, 0.25) is 0 Å². The summed E-state index contributed by atoms with van der Waals surface area (Å²) in [5, 5.41) is 3.47. The molecule has 1 aliphatic rings. The fourth-order valence-corrected chi connectivity index (χ4v) is 2.78. The summed E-state index contributed by atoms with van der Waals surface area (Å²) in [7, 11) is 0. The van der Waals surface area contributed by atoms with E-state index >= 15 is 0 Å². The van der Waals surface area contributed by atoms with Gasteiger partial charge in [-0.15, -0.1) is 0 Å². The molecule has 1 fully saturated rings. The fourth-order valence-electron chi connectivity index (χ4n) is 2.51. The molecule has 1 N–H and O–H groups in total. The van der Waals surface area contributed by atoms with Gasteiger partial charge in [-0.1, -0.05) is 29.8 Å². The Kier molecular flexibility index (Phi) is 5.67. The smallest absolute Gasteiger partial charge is 0.119 e. The van der Waals surface area contributed by atoms with Crippen molar-refractivity contribution in [2.24, 2.45) is 5.92 Å². The molecule has 4 heteroatoms. The number of hydrogen-bond acceptors (Lipinski definition) is 3. The van der Waals surface area contributed by atoms with E-state index in [2.05, 4.69) is 40.0 Å². The zero-order chi connectivity index (χ0) is 13.7. The fraction of sp³-hybridized carbons (Fsp3) is 0.600. The molecule has 0 aromatic heterocycles. The first kappa shape index (κ1) is 14.8. The van der Waals surface area contributed by atoms with Crippen molar-refractivity contribution in [3.05, 3.63) is 28.7 Å². The molecule has 0 amide bonds. The molecule has 0 saturated carbocycles. The summed E-state index contributed by atoms with van der Waals surface area (Å²) in [4.78, 5) is 2.54. The number of halogens is 1. The lowest BCUT2D eigenvalue weighted by Crippen LogP contribution is -2.54. The second-order valence-corrected chi connectivity index (χ2v) is 6.27. The van der Waals surface area contributed by atoms with Crippen LogP contribution in [0, 0.1) is 5.92 Å². The lowest BCUT2D eigenvalue weighted by Gasteiger charge is -2.38. The maximum atomic E-state index is 5.81. The Morgan fingerprint density at radius 1 is 1.37 bits per heavy atom. The van der Waals surface area contributed by atoms with Crippen molar-refractivity contribution in [1.29, 1.82) is 0 Å². The Labute approximate surface area is 124 Å². The SMILES string of the molecule is CC(C)C1CNCCN1CCOc1ccc(Br)cc1. The molecule has 19 heavy (non-hydrogen) atoms. The van der Waals surface area contributed by atoms with Crippen LogP contribution in [0.3, 0.4) is 0 Å². The van der Waals surface area contributed by atoms with E-state index in [1.807, 2.05) is 24.3 Å². The van der Waals surface area contributed by atoms with Gasteiger partial charge >= 0.3 is 0 Å². The minimum atomic E-state index is 0.627. The van der Waals surface area contributed by atoms with Gasteiger partial charge in [-0.25, -0.2) is 0 Å². The van der Waals surface area contributed by atoms with Gasteiger partial charge in [-0.2, -0.15) is 0 Å². The highest BCUT2D eigenvalue weighted by Crippen LogP contribution is 2.17. The molecular formula is C15H23BrN2O. The summed E-state index contributed by atoms with van der Waals surface area (Å²) in [6.07, 6.45) is 0. The number of benzene rings is 1. The number of nitrogens with zero attached hydrogens (tertiary/aromatic N) is 1. The molecular weight excluding hydrogens is 304 g/mol. The molecule has 0 aliphatic carbocycles. The molecule has 0 radical (unpaired) electrons. The van der Waals surface area contributed by atoms with Crippen LogP contribution in [0.1, 0.15) is 13.8 Å². The topological polar surface area (TPSA) is 24.5 Å². The second kappa shape index (κ2) is 7.27. The summed E-state index contributed by atoms with van der Waals surface area (Å²) in [5.74, 6) is 1.62. The Balaban J connectivity index is 1.79. The predicted octanol–water partition coefficient (Wildman–Crippen LogP) is 2.76. The Morgan fingerprint density at radius 2 is 2.11 bits per heavy atom. The van der Waals surface area contributed by atoms with E-state index in [4.69, 9.17) is 4.74 Å². The maximum Gasteiger partial charge on any atom is 0.119 e. The van der Waals surface area contributed by atoms with Crippen molar-refractivity contribution >= 4 is 15.9 Å². The van der Waals surface area contributed by atoms with Crippen molar-refractivity contribution in [3.8, 4) is 5.75 Å². The Hall–Kier alpha value is -0.580. The normalized spacial score (nSPS) is 20.7. The minimum Gasteiger partial charge on any atom is -0.492 e.